The van der Waals surface area contributed by atoms with Gasteiger partial charge in [-0.05, 0) is 54.8 Å². The van der Waals surface area contributed by atoms with E-state index in [9.17, 15) is 19.4 Å². The number of aromatic hydroxyl groups is 1. The molecule has 0 spiro atoms. The zero-order valence-electron chi connectivity index (χ0n) is 17.5. The fourth-order valence-corrected chi connectivity index (χ4v) is 4.01. The number of ether oxygens (including phenoxy) is 2. The van der Waals surface area contributed by atoms with E-state index >= 15 is 0 Å². The molecule has 0 aliphatic carbocycles. The summed E-state index contributed by atoms with van der Waals surface area (Å²) in [5, 5.41) is 21.7. The summed E-state index contributed by atoms with van der Waals surface area (Å²) >= 11 is 0. The number of methoxy groups -OCH3 is 1. The van der Waals surface area contributed by atoms with Gasteiger partial charge < -0.3 is 19.7 Å². The number of carbonyl (C=O) groups is 1. The van der Waals surface area contributed by atoms with E-state index in [1.165, 1.54) is 42.3 Å². The van der Waals surface area contributed by atoms with Gasteiger partial charge in [-0.2, -0.15) is 0 Å². The highest BCUT2D eigenvalue weighted by Crippen LogP contribution is 2.42. The Morgan fingerprint density at radius 2 is 1.81 bits per heavy atom. The average Bonchev–Trinajstić information content (AvgIpc) is 3.15. The van der Waals surface area contributed by atoms with E-state index in [2.05, 4.69) is 0 Å². The third-order valence-electron chi connectivity index (χ3n) is 5.65. The van der Waals surface area contributed by atoms with Crippen molar-refractivity contribution in [2.45, 2.75) is 31.1 Å². The molecule has 0 unspecified atom stereocenters. The number of benzene rings is 3. The number of hydrogen-bond donors (Lipinski definition) is 2. The highest BCUT2D eigenvalue weighted by atomic mass is 19.1. The quantitative estimate of drug-likeness (QED) is 0.565. The molecule has 1 fully saturated rings. The van der Waals surface area contributed by atoms with Gasteiger partial charge in [0.2, 0.25) is 0 Å². The van der Waals surface area contributed by atoms with E-state index in [4.69, 9.17) is 9.47 Å². The molecule has 7 heteroatoms. The second-order valence-corrected chi connectivity index (χ2v) is 7.66. The Morgan fingerprint density at radius 3 is 2.47 bits per heavy atom. The maximum atomic E-state index is 13.5. The molecule has 1 heterocycles. The SMILES string of the molecule is COc1ccc([C@@H]2OC(=O)N(c3ccc(F)cc3)[C@@H]2[C@@H](O)CCc2ccccc2)c(O)c1. The first-order valence-electron chi connectivity index (χ1n) is 10.3. The molecule has 3 atom stereocenters. The average molecular weight is 437 g/mol. The number of rotatable bonds is 7. The number of aryl methyl sites for hydroxylation is 1. The summed E-state index contributed by atoms with van der Waals surface area (Å²) in [6.45, 7) is 0. The van der Waals surface area contributed by atoms with Gasteiger partial charge in [0.15, 0.2) is 6.10 Å². The standard InChI is InChI=1S/C25H24FNO5/c1-31-19-12-13-20(22(29)15-19)24-23(21(28)14-7-16-5-3-2-4-6-16)27(25(30)32-24)18-10-8-17(26)9-11-18/h2-6,8-13,15,21,23-24,28-29H,7,14H2,1H3/t21-,23+,24-/m0/s1. The van der Waals surface area contributed by atoms with Crippen LogP contribution in [-0.2, 0) is 11.2 Å². The Hall–Kier alpha value is -3.58. The topological polar surface area (TPSA) is 79.2 Å². The van der Waals surface area contributed by atoms with Crippen LogP contribution in [0.5, 0.6) is 11.5 Å². The molecule has 2 N–H and O–H groups in total. The van der Waals surface area contributed by atoms with Crippen LogP contribution in [0.3, 0.4) is 0 Å². The summed E-state index contributed by atoms with van der Waals surface area (Å²) in [5.74, 6) is -0.0951. The predicted molar refractivity (Wildman–Crippen MR) is 117 cm³/mol. The molecule has 1 saturated heterocycles. The van der Waals surface area contributed by atoms with Crippen molar-refractivity contribution in [3.63, 3.8) is 0 Å². The predicted octanol–water partition coefficient (Wildman–Crippen LogP) is 4.60. The Kier molecular flexibility index (Phi) is 6.28. The number of phenols is 1. The van der Waals surface area contributed by atoms with Crippen LogP contribution in [-0.4, -0.2) is 35.6 Å². The largest absolute Gasteiger partial charge is 0.507 e. The summed E-state index contributed by atoms with van der Waals surface area (Å²) in [6, 6.07) is 19.0. The number of aliphatic hydroxyl groups is 1. The zero-order chi connectivity index (χ0) is 22.7. The number of nitrogens with zero attached hydrogens (tertiary/aromatic N) is 1. The molecule has 32 heavy (non-hydrogen) atoms. The van der Waals surface area contributed by atoms with Gasteiger partial charge in [0.05, 0.1) is 13.2 Å². The maximum Gasteiger partial charge on any atom is 0.415 e. The Labute approximate surface area is 185 Å². The summed E-state index contributed by atoms with van der Waals surface area (Å²) in [5.41, 5.74) is 1.80. The first-order valence-corrected chi connectivity index (χ1v) is 10.3. The number of cyclic esters (lactones) is 1. The lowest BCUT2D eigenvalue weighted by molar-refractivity contribution is 0.0751. The molecule has 3 aromatic rings. The molecule has 3 aromatic carbocycles. The summed E-state index contributed by atoms with van der Waals surface area (Å²) in [7, 11) is 1.48. The van der Waals surface area contributed by atoms with Crippen molar-refractivity contribution in [2.75, 3.05) is 12.0 Å². The fourth-order valence-electron chi connectivity index (χ4n) is 4.01. The van der Waals surface area contributed by atoms with E-state index in [0.717, 1.165) is 5.56 Å². The minimum atomic E-state index is -0.974. The van der Waals surface area contributed by atoms with Crippen molar-refractivity contribution < 1.29 is 28.9 Å². The number of anilines is 1. The summed E-state index contributed by atoms with van der Waals surface area (Å²) < 4.78 is 24.2. The highest BCUT2D eigenvalue weighted by Gasteiger charge is 2.48. The molecule has 0 bridgehead atoms. The van der Waals surface area contributed by atoms with Crippen molar-refractivity contribution in [1.82, 2.24) is 0 Å². The third-order valence-corrected chi connectivity index (χ3v) is 5.65. The highest BCUT2D eigenvalue weighted by molar-refractivity contribution is 5.91. The Balaban J connectivity index is 1.68. The second-order valence-electron chi connectivity index (χ2n) is 7.66. The van der Waals surface area contributed by atoms with E-state index in [0.29, 0.717) is 29.8 Å². The van der Waals surface area contributed by atoms with E-state index in [1.54, 1.807) is 12.1 Å². The molecule has 0 aromatic heterocycles. The van der Waals surface area contributed by atoms with Crippen LogP contribution in [0.2, 0.25) is 0 Å². The third kappa shape index (κ3) is 4.38. The fraction of sp³-hybridized carbons (Fsp3) is 0.240. The Morgan fingerprint density at radius 1 is 1.09 bits per heavy atom. The van der Waals surface area contributed by atoms with Gasteiger partial charge in [-0.15, -0.1) is 0 Å². The minimum absolute atomic E-state index is 0.108. The lowest BCUT2D eigenvalue weighted by Gasteiger charge is -2.29. The van der Waals surface area contributed by atoms with Gasteiger partial charge in [0.25, 0.3) is 0 Å². The number of carbonyl (C=O) groups excluding carboxylic acids is 1. The number of aliphatic hydroxyl groups excluding tert-OH is 1. The summed E-state index contributed by atoms with van der Waals surface area (Å²) in [6.07, 6.45) is -1.63. The normalized spacial score (nSPS) is 19.0. The van der Waals surface area contributed by atoms with Gasteiger partial charge in [0.1, 0.15) is 23.4 Å². The Bertz CT molecular complexity index is 1070. The van der Waals surface area contributed by atoms with E-state index < -0.39 is 30.2 Å². The first-order chi connectivity index (χ1) is 15.5. The molecule has 1 aliphatic rings. The number of phenolic OH excluding ortho intramolecular Hbond substituents is 1. The molecule has 1 amide bonds. The second kappa shape index (κ2) is 9.28. The van der Waals surface area contributed by atoms with Gasteiger partial charge in [-0.25, -0.2) is 9.18 Å². The van der Waals surface area contributed by atoms with Crippen LogP contribution in [0.15, 0.2) is 72.8 Å². The molecule has 6 nitrogen and oxygen atoms in total. The maximum absolute atomic E-state index is 13.5. The van der Waals surface area contributed by atoms with Crippen LogP contribution < -0.4 is 9.64 Å². The lowest BCUT2D eigenvalue weighted by atomic mass is 9.92. The molecular weight excluding hydrogens is 413 g/mol. The van der Waals surface area contributed by atoms with Crippen LogP contribution >= 0.6 is 0 Å². The number of amides is 1. The molecule has 1 aliphatic heterocycles. The smallest absolute Gasteiger partial charge is 0.415 e. The van der Waals surface area contributed by atoms with Crippen molar-refractivity contribution in [3.8, 4) is 11.5 Å². The van der Waals surface area contributed by atoms with Gasteiger partial charge >= 0.3 is 6.09 Å². The van der Waals surface area contributed by atoms with Crippen molar-refractivity contribution in [3.05, 3.63) is 89.7 Å². The van der Waals surface area contributed by atoms with Crippen molar-refractivity contribution in [1.29, 1.82) is 0 Å². The van der Waals surface area contributed by atoms with Crippen LogP contribution in [0.25, 0.3) is 0 Å². The van der Waals surface area contributed by atoms with E-state index in [-0.39, 0.29) is 5.75 Å². The van der Waals surface area contributed by atoms with E-state index in [1.807, 2.05) is 30.3 Å². The first kappa shape index (κ1) is 21.6. The molecular formula is C25H24FNO5. The zero-order valence-corrected chi connectivity index (χ0v) is 17.5. The van der Waals surface area contributed by atoms with Gasteiger partial charge in [-0.1, -0.05) is 30.3 Å². The van der Waals surface area contributed by atoms with Crippen LogP contribution in [0.4, 0.5) is 14.9 Å². The number of hydrogen-bond acceptors (Lipinski definition) is 5. The minimum Gasteiger partial charge on any atom is -0.507 e. The summed E-state index contributed by atoms with van der Waals surface area (Å²) in [4.78, 5) is 14.2. The monoisotopic (exact) mass is 437 g/mol. The van der Waals surface area contributed by atoms with Crippen molar-refractivity contribution >= 4 is 11.8 Å². The molecule has 166 valence electrons. The number of halogens is 1. The van der Waals surface area contributed by atoms with Crippen LogP contribution in [0, 0.1) is 5.82 Å². The molecule has 4 rings (SSSR count). The van der Waals surface area contributed by atoms with Gasteiger partial charge in [0, 0.05) is 17.3 Å². The van der Waals surface area contributed by atoms with Crippen molar-refractivity contribution in [2.24, 2.45) is 0 Å². The molecule has 0 radical (unpaired) electrons. The molecule has 0 saturated carbocycles. The van der Waals surface area contributed by atoms with Crippen LogP contribution in [0.1, 0.15) is 23.7 Å². The van der Waals surface area contributed by atoms with Gasteiger partial charge in [-0.3, -0.25) is 4.90 Å². The lowest BCUT2D eigenvalue weighted by Crippen LogP contribution is -2.43.